The third-order valence-corrected chi connectivity index (χ3v) is 5.11. The summed E-state index contributed by atoms with van der Waals surface area (Å²) in [6, 6.07) is 6.06. The second-order valence-corrected chi connectivity index (χ2v) is 6.91. The monoisotopic (exact) mass is 333 g/mol. The Balaban J connectivity index is 0.00000220. The molecule has 0 spiro atoms. The smallest absolute Gasteiger partial charge is 0.243 e. The highest BCUT2D eigenvalue weighted by Crippen LogP contribution is 2.21. The van der Waals surface area contributed by atoms with Crippen molar-refractivity contribution in [1.29, 1.82) is 0 Å². The van der Waals surface area contributed by atoms with E-state index >= 15 is 0 Å². The van der Waals surface area contributed by atoms with Crippen molar-refractivity contribution >= 4 is 34.0 Å². The number of nitrogens with zero attached hydrogens (tertiary/aromatic N) is 1. The first-order valence-electron chi connectivity index (χ1n) is 6.53. The van der Waals surface area contributed by atoms with Gasteiger partial charge in [-0.05, 0) is 37.1 Å². The maximum atomic E-state index is 12.4. The predicted molar refractivity (Wildman–Crippen MR) is 84.0 cm³/mol. The van der Waals surface area contributed by atoms with Gasteiger partial charge >= 0.3 is 0 Å². The van der Waals surface area contributed by atoms with Crippen molar-refractivity contribution in [2.75, 3.05) is 18.4 Å². The first-order chi connectivity index (χ1) is 9.39. The Kier molecular flexibility index (Phi) is 6.15. The van der Waals surface area contributed by atoms with Gasteiger partial charge in [-0.2, -0.15) is 4.31 Å². The van der Waals surface area contributed by atoms with E-state index in [4.69, 9.17) is 5.73 Å². The largest absolute Gasteiger partial charge is 0.327 e. The van der Waals surface area contributed by atoms with Crippen LogP contribution in [0.5, 0.6) is 0 Å². The van der Waals surface area contributed by atoms with Gasteiger partial charge in [0.2, 0.25) is 15.9 Å². The summed E-state index contributed by atoms with van der Waals surface area (Å²) in [6.07, 6.45) is 1.64. The van der Waals surface area contributed by atoms with Gasteiger partial charge in [-0.15, -0.1) is 12.4 Å². The summed E-state index contributed by atoms with van der Waals surface area (Å²) in [7, 11) is -3.50. The fourth-order valence-electron chi connectivity index (χ4n) is 2.25. The summed E-state index contributed by atoms with van der Waals surface area (Å²) in [6.45, 7) is 2.26. The summed E-state index contributed by atoms with van der Waals surface area (Å²) < 4.78 is 26.3. The molecule has 118 valence electrons. The van der Waals surface area contributed by atoms with Gasteiger partial charge in [-0.25, -0.2) is 8.42 Å². The first kappa shape index (κ1) is 17.9. The molecule has 0 aromatic heterocycles. The molecule has 1 atom stereocenters. The molecule has 0 aliphatic carbocycles. The fraction of sp³-hybridized carbons (Fsp3) is 0.462. The summed E-state index contributed by atoms with van der Waals surface area (Å²) in [5, 5.41) is 2.60. The summed E-state index contributed by atoms with van der Waals surface area (Å²) in [5.41, 5.74) is 6.40. The number of halogens is 1. The van der Waals surface area contributed by atoms with E-state index < -0.39 is 10.0 Å². The van der Waals surface area contributed by atoms with Crippen LogP contribution >= 0.6 is 12.4 Å². The molecule has 1 amide bonds. The second-order valence-electron chi connectivity index (χ2n) is 4.97. The standard InChI is InChI=1S/C13H19N3O3S.ClH/c1-10(17)15-12-4-6-13(7-5-12)20(18,19)16-8-2-3-11(14)9-16;/h4-7,11H,2-3,8-9,14H2,1H3,(H,15,17);1H. The third kappa shape index (κ3) is 4.41. The van der Waals surface area contributed by atoms with Crippen LogP contribution in [0.4, 0.5) is 5.69 Å². The average molecular weight is 334 g/mol. The number of sulfonamides is 1. The molecule has 1 fully saturated rings. The van der Waals surface area contributed by atoms with Crippen LogP contribution in [0.25, 0.3) is 0 Å². The Hall–Kier alpha value is -1.15. The number of rotatable bonds is 3. The zero-order valence-corrected chi connectivity index (χ0v) is 13.4. The Morgan fingerprint density at radius 2 is 1.95 bits per heavy atom. The Labute approximate surface area is 131 Å². The van der Waals surface area contributed by atoms with E-state index in [-0.39, 0.29) is 29.3 Å². The van der Waals surface area contributed by atoms with Gasteiger partial charge in [-0.3, -0.25) is 4.79 Å². The third-order valence-electron chi connectivity index (χ3n) is 3.23. The van der Waals surface area contributed by atoms with E-state index in [9.17, 15) is 13.2 Å². The SMILES string of the molecule is CC(=O)Nc1ccc(S(=O)(=O)N2CCCC(N)C2)cc1.Cl. The number of nitrogens with one attached hydrogen (secondary N) is 1. The fourth-order valence-corrected chi connectivity index (χ4v) is 3.79. The van der Waals surface area contributed by atoms with E-state index in [1.165, 1.54) is 23.4 Å². The molecule has 21 heavy (non-hydrogen) atoms. The lowest BCUT2D eigenvalue weighted by Gasteiger charge is -2.29. The van der Waals surface area contributed by atoms with Gasteiger partial charge in [-0.1, -0.05) is 0 Å². The summed E-state index contributed by atoms with van der Waals surface area (Å²) >= 11 is 0. The number of carbonyl (C=O) groups is 1. The normalized spacial score (nSPS) is 19.6. The van der Waals surface area contributed by atoms with Gasteiger partial charge in [0.25, 0.3) is 0 Å². The van der Waals surface area contributed by atoms with Gasteiger partial charge in [0, 0.05) is 31.7 Å². The molecule has 8 heteroatoms. The van der Waals surface area contributed by atoms with Crippen LogP contribution in [0.15, 0.2) is 29.2 Å². The highest BCUT2D eigenvalue weighted by atomic mass is 35.5. The number of carbonyl (C=O) groups excluding carboxylic acids is 1. The lowest BCUT2D eigenvalue weighted by Crippen LogP contribution is -2.45. The highest BCUT2D eigenvalue weighted by molar-refractivity contribution is 7.89. The second kappa shape index (κ2) is 7.22. The lowest BCUT2D eigenvalue weighted by molar-refractivity contribution is -0.114. The number of amides is 1. The number of nitrogens with two attached hydrogens (primary N) is 1. The Morgan fingerprint density at radius 3 is 2.48 bits per heavy atom. The molecule has 1 unspecified atom stereocenters. The Morgan fingerprint density at radius 1 is 1.33 bits per heavy atom. The van der Waals surface area contributed by atoms with Crippen molar-refractivity contribution in [3.63, 3.8) is 0 Å². The molecule has 1 aliphatic rings. The number of hydrogen-bond donors (Lipinski definition) is 2. The molecule has 3 N–H and O–H groups in total. The van der Waals surface area contributed by atoms with E-state index in [0.29, 0.717) is 18.8 Å². The zero-order chi connectivity index (χ0) is 14.8. The van der Waals surface area contributed by atoms with Crippen molar-refractivity contribution in [2.45, 2.75) is 30.7 Å². The van der Waals surface area contributed by atoms with Crippen LogP contribution in [0.2, 0.25) is 0 Å². The molecule has 1 heterocycles. The Bertz CT molecular complexity index is 589. The maximum Gasteiger partial charge on any atom is 0.243 e. The zero-order valence-electron chi connectivity index (χ0n) is 11.8. The average Bonchev–Trinajstić information content (AvgIpc) is 2.38. The molecule has 1 aromatic carbocycles. The van der Waals surface area contributed by atoms with E-state index in [2.05, 4.69) is 5.32 Å². The van der Waals surface area contributed by atoms with Crippen LogP contribution in [-0.4, -0.2) is 37.8 Å². The van der Waals surface area contributed by atoms with Crippen molar-refractivity contribution < 1.29 is 13.2 Å². The topological polar surface area (TPSA) is 92.5 Å². The van der Waals surface area contributed by atoms with E-state index in [0.717, 1.165) is 12.8 Å². The first-order valence-corrected chi connectivity index (χ1v) is 7.97. The van der Waals surface area contributed by atoms with Crippen molar-refractivity contribution in [3.8, 4) is 0 Å². The number of benzene rings is 1. The summed E-state index contributed by atoms with van der Waals surface area (Å²) in [4.78, 5) is 11.1. The molecular formula is C13H20ClN3O3S. The molecule has 0 bridgehead atoms. The van der Waals surface area contributed by atoms with Gasteiger partial charge < -0.3 is 11.1 Å². The molecule has 2 rings (SSSR count). The molecule has 1 aliphatic heterocycles. The highest BCUT2D eigenvalue weighted by Gasteiger charge is 2.28. The van der Waals surface area contributed by atoms with Crippen molar-refractivity contribution in [3.05, 3.63) is 24.3 Å². The predicted octanol–water partition coefficient (Wildman–Crippen LogP) is 1.18. The van der Waals surface area contributed by atoms with Crippen LogP contribution in [0, 0.1) is 0 Å². The van der Waals surface area contributed by atoms with Crippen LogP contribution in [-0.2, 0) is 14.8 Å². The van der Waals surface area contributed by atoms with Crippen molar-refractivity contribution in [2.24, 2.45) is 5.73 Å². The lowest BCUT2D eigenvalue weighted by atomic mass is 10.1. The maximum absolute atomic E-state index is 12.4. The van der Waals surface area contributed by atoms with Gasteiger partial charge in [0.1, 0.15) is 0 Å². The number of piperidine rings is 1. The molecule has 1 aromatic rings. The number of hydrogen-bond acceptors (Lipinski definition) is 4. The minimum atomic E-state index is -3.50. The quantitative estimate of drug-likeness (QED) is 0.868. The molecule has 0 radical (unpaired) electrons. The van der Waals surface area contributed by atoms with Crippen LogP contribution < -0.4 is 11.1 Å². The molecular weight excluding hydrogens is 314 g/mol. The molecule has 6 nitrogen and oxygen atoms in total. The van der Waals surface area contributed by atoms with Crippen molar-refractivity contribution in [1.82, 2.24) is 4.31 Å². The number of anilines is 1. The van der Waals surface area contributed by atoms with E-state index in [1.54, 1.807) is 12.1 Å². The molecule has 1 saturated heterocycles. The minimum Gasteiger partial charge on any atom is -0.327 e. The summed E-state index contributed by atoms with van der Waals surface area (Å²) in [5.74, 6) is -0.192. The molecule has 0 saturated carbocycles. The van der Waals surface area contributed by atoms with Gasteiger partial charge in [0.05, 0.1) is 4.90 Å². The van der Waals surface area contributed by atoms with E-state index in [1.807, 2.05) is 0 Å². The van der Waals surface area contributed by atoms with Crippen LogP contribution in [0.1, 0.15) is 19.8 Å². The minimum absolute atomic E-state index is 0. The van der Waals surface area contributed by atoms with Gasteiger partial charge in [0.15, 0.2) is 0 Å². The van der Waals surface area contributed by atoms with Crippen LogP contribution in [0.3, 0.4) is 0 Å².